The Kier molecular flexibility index (Phi) is 4.35. The highest BCUT2D eigenvalue weighted by Crippen LogP contribution is 2.40. The van der Waals surface area contributed by atoms with Crippen LogP contribution in [0.1, 0.15) is 23.8 Å². The lowest BCUT2D eigenvalue weighted by Gasteiger charge is -2.18. The number of fused-ring (bicyclic) bond motifs is 3. The number of hydrogen-bond donors (Lipinski definition) is 2. The van der Waals surface area contributed by atoms with E-state index >= 15 is 0 Å². The summed E-state index contributed by atoms with van der Waals surface area (Å²) in [6.07, 6.45) is 5.04. The van der Waals surface area contributed by atoms with Crippen LogP contribution in [0.25, 0.3) is 10.2 Å². The molecule has 0 aromatic carbocycles. The van der Waals surface area contributed by atoms with Crippen molar-refractivity contribution in [1.82, 2.24) is 9.97 Å². The van der Waals surface area contributed by atoms with Gasteiger partial charge in [-0.1, -0.05) is 24.8 Å². The van der Waals surface area contributed by atoms with Gasteiger partial charge in [-0.2, -0.15) is 0 Å². The van der Waals surface area contributed by atoms with Crippen LogP contribution in [-0.2, 0) is 12.8 Å². The average Bonchev–Trinajstić information content (AvgIpc) is 2.81. The number of nitrogens with zero attached hydrogens (tertiary/aromatic N) is 2. The smallest absolute Gasteiger partial charge is 0.317 e. The molecule has 1 aliphatic rings. The third kappa shape index (κ3) is 2.96. The zero-order chi connectivity index (χ0) is 15.7. The SMILES string of the molecule is C=CCSc1nc(NC(N)=O)c2c3c(sc2n1)CC(C)CC3. The summed E-state index contributed by atoms with van der Waals surface area (Å²) in [6.45, 7) is 5.98. The largest absolute Gasteiger partial charge is 0.351 e. The number of nitrogens with two attached hydrogens (primary N) is 1. The highest BCUT2D eigenvalue weighted by molar-refractivity contribution is 7.99. The molecule has 1 atom stereocenters. The number of carbonyl (C=O) groups excluding carboxylic acids is 1. The number of urea groups is 1. The van der Waals surface area contributed by atoms with Crippen LogP contribution in [0.2, 0.25) is 0 Å². The Bertz CT molecular complexity index is 741. The topological polar surface area (TPSA) is 80.9 Å². The van der Waals surface area contributed by atoms with Crippen LogP contribution < -0.4 is 11.1 Å². The van der Waals surface area contributed by atoms with Crippen LogP contribution in [0.4, 0.5) is 10.6 Å². The Morgan fingerprint density at radius 3 is 3.14 bits per heavy atom. The third-order valence-corrected chi connectivity index (χ3v) is 5.70. The van der Waals surface area contributed by atoms with Crippen molar-refractivity contribution in [3.05, 3.63) is 23.1 Å². The highest BCUT2D eigenvalue weighted by atomic mass is 32.2. The molecule has 0 radical (unpaired) electrons. The van der Waals surface area contributed by atoms with E-state index in [0.29, 0.717) is 16.9 Å². The van der Waals surface area contributed by atoms with Gasteiger partial charge < -0.3 is 5.73 Å². The predicted molar refractivity (Wildman–Crippen MR) is 92.7 cm³/mol. The van der Waals surface area contributed by atoms with Crippen molar-refractivity contribution in [3.63, 3.8) is 0 Å². The minimum atomic E-state index is -0.594. The van der Waals surface area contributed by atoms with Gasteiger partial charge in [0.15, 0.2) is 5.16 Å². The van der Waals surface area contributed by atoms with E-state index in [0.717, 1.165) is 35.2 Å². The third-order valence-electron chi connectivity index (χ3n) is 3.71. The molecule has 1 unspecified atom stereocenters. The lowest BCUT2D eigenvalue weighted by Crippen LogP contribution is -2.20. The van der Waals surface area contributed by atoms with Crippen molar-refractivity contribution in [2.24, 2.45) is 11.7 Å². The van der Waals surface area contributed by atoms with Gasteiger partial charge in [0.2, 0.25) is 0 Å². The number of hydrogen-bond acceptors (Lipinski definition) is 5. The van der Waals surface area contributed by atoms with Gasteiger partial charge in [-0.25, -0.2) is 14.8 Å². The van der Waals surface area contributed by atoms with E-state index in [9.17, 15) is 4.79 Å². The minimum Gasteiger partial charge on any atom is -0.351 e. The molecule has 0 spiro atoms. The van der Waals surface area contributed by atoms with Crippen molar-refractivity contribution in [2.45, 2.75) is 31.3 Å². The van der Waals surface area contributed by atoms with Crippen molar-refractivity contribution >= 4 is 45.2 Å². The molecule has 1 aliphatic carbocycles. The second-order valence-corrected chi connectivity index (χ2v) is 7.55. The van der Waals surface area contributed by atoms with E-state index in [1.807, 2.05) is 0 Å². The molecule has 2 aromatic rings. The minimum absolute atomic E-state index is 0.538. The molecule has 0 saturated heterocycles. The molecule has 116 valence electrons. The van der Waals surface area contributed by atoms with Gasteiger partial charge in [0.1, 0.15) is 10.6 Å². The summed E-state index contributed by atoms with van der Waals surface area (Å²) < 4.78 is 0. The first kappa shape index (κ1) is 15.3. The average molecular weight is 334 g/mol. The van der Waals surface area contributed by atoms with Crippen LogP contribution in [0.15, 0.2) is 17.8 Å². The number of rotatable bonds is 4. The zero-order valence-corrected chi connectivity index (χ0v) is 14.0. The maximum Gasteiger partial charge on any atom is 0.317 e. The van der Waals surface area contributed by atoms with Gasteiger partial charge in [0.05, 0.1) is 5.39 Å². The Hall–Kier alpha value is -1.60. The Morgan fingerprint density at radius 2 is 2.41 bits per heavy atom. The van der Waals surface area contributed by atoms with E-state index in [2.05, 4.69) is 28.8 Å². The summed E-state index contributed by atoms with van der Waals surface area (Å²) in [4.78, 5) is 22.7. The van der Waals surface area contributed by atoms with Gasteiger partial charge >= 0.3 is 6.03 Å². The number of amides is 2. The molecule has 2 aromatic heterocycles. The summed E-state index contributed by atoms with van der Waals surface area (Å²) >= 11 is 3.21. The number of anilines is 1. The van der Waals surface area contributed by atoms with Crippen LogP contribution in [0.5, 0.6) is 0 Å². The number of aromatic nitrogens is 2. The quantitative estimate of drug-likeness (QED) is 0.509. The maximum atomic E-state index is 11.3. The molecule has 0 bridgehead atoms. The Morgan fingerprint density at radius 1 is 1.59 bits per heavy atom. The predicted octanol–water partition coefficient (Wildman–Crippen LogP) is 3.58. The molecule has 3 N–H and O–H groups in total. The molecule has 0 aliphatic heterocycles. The zero-order valence-electron chi connectivity index (χ0n) is 12.4. The van der Waals surface area contributed by atoms with Crippen LogP contribution in [0.3, 0.4) is 0 Å². The maximum absolute atomic E-state index is 11.3. The molecular formula is C15H18N4OS2. The van der Waals surface area contributed by atoms with Gasteiger partial charge in [-0.05, 0) is 30.7 Å². The molecule has 5 nitrogen and oxygen atoms in total. The molecule has 0 fully saturated rings. The van der Waals surface area contributed by atoms with Crippen molar-refractivity contribution in [3.8, 4) is 0 Å². The lowest BCUT2D eigenvalue weighted by molar-refractivity contribution is 0.259. The van der Waals surface area contributed by atoms with Gasteiger partial charge in [0.25, 0.3) is 0 Å². The Labute approximate surface area is 137 Å². The summed E-state index contributed by atoms with van der Waals surface area (Å²) in [6, 6.07) is -0.594. The normalized spacial score (nSPS) is 17.2. The number of carbonyl (C=O) groups is 1. The fourth-order valence-electron chi connectivity index (χ4n) is 2.73. The van der Waals surface area contributed by atoms with Gasteiger partial charge in [-0.15, -0.1) is 17.9 Å². The molecule has 3 rings (SSSR count). The first-order valence-electron chi connectivity index (χ1n) is 7.21. The summed E-state index contributed by atoms with van der Waals surface area (Å²) in [7, 11) is 0. The molecular weight excluding hydrogens is 316 g/mol. The van der Waals surface area contributed by atoms with E-state index in [1.54, 1.807) is 17.4 Å². The Balaban J connectivity index is 2.13. The molecule has 0 saturated carbocycles. The van der Waals surface area contributed by atoms with Gasteiger partial charge in [0, 0.05) is 10.6 Å². The van der Waals surface area contributed by atoms with Gasteiger partial charge in [-0.3, -0.25) is 5.32 Å². The van der Waals surface area contributed by atoms with Crippen LogP contribution in [0, 0.1) is 5.92 Å². The molecule has 2 heterocycles. The fraction of sp³-hybridized carbons (Fsp3) is 0.400. The molecule has 7 heteroatoms. The number of aryl methyl sites for hydroxylation is 1. The lowest BCUT2D eigenvalue weighted by atomic mass is 9.89. The molecule has 22 heavy (non-hydrogen) atoms. The van der Waals surface area contributed by atoms with Crippen molar-refractivity contribution < 1.29 is 4.79 Å². The second-order valence-electron chi connectivity index (χ2n) is 5.48. The standard InChI is InChI=1S/C15H18N4OS2/c1-3-6-21-15-18-12(17-14(16)20)11-9-5-4-8(2)7-10(9)22-13(11)19-15/h3,8H,1,4-7H2,2H3,(H3,16,17,18,19,20). The van der Waals surface area contributed by atoms with E-state index in [-0.39, 0.29) is 0 Å². The van der Waals surface area contributed by atoms with Crippen LogP contribution >= 0.6 is 23.1 Å². The summed E-state index contributed by atoms with van der Waals surface area (Å²) in [5.41, 5.74) is 6.58. The number of primary amides is 1. The van der Waals surface area contributed by atoms with E-state index in [4.69, 9.17) is 5.73 Å². The number of thioether (sulfide) groups is 1. The van der Waals surface area contributed by atoms with Crippen LogP contribution in [-0.4, -0.2) is 21.8 Å². The number of nitrogens with one attached hydrogen (secondary N) is 1. The summed E-state index contributed by atoms with van der Waals surface area (Å²) in [5.74, 6) is 1.95. The first-order chi connectivity index (χ1) is 10.6. The first-order valence-corrected chi connectivity index (χ1v) is 9.01. The van der Waals surface area contributed by atoms with E-state index in [1.165, 1.54) is 22.2 Å². The summed E-state index contributed by atoms with van der Waals surface area (Å²) in [5, 5.41) is 4.28. The highest BCUT2D eigenvalue weighted by Gasteiger charge is 2.24. The fourth-order valence-corrected chi connectivity index (χ4v) is 4.75. The number of thiophene rings is 1. The van der Waals surface area contributed by atoms with Crippen molar-refractivity contribution in [2.75, 3.05) is 11.1 Å². The van der Waals surface area contributed by atoms with Crippen molar-refractivity contribution in [1.29, 1.82) is 0 Å². The molecule has 2 amide bonds. The van der Waals surface area contributed by atoms with E-state index < -0.39 is 6.03 Å². The second kappa shape index (κ2) is 6.26. The monoisotopic (exact) mass is 334 g/mol.